The molecule has 1 amide bonds. The van der Waals surface area contributed by atoms with Crippen molar-refractivity contribution in [1.29, 1.82) is 0 Å². The molecule has 1 saturated carbocycles. The molecule has 1 aromatic carbocycles. The number of aromatic nitrogens is 2. The van der Waals surface area contributed by atoms with Gasteiger partial charge in [0, 0.05) is 6.54 Å². The molecule has 2 heterocycles. The summed E-state index contributed by atoms with van der Waals surface area (Å²) in [5.74, 6) is -0.0221. The lowest BCUT2D eigenvalue weighted by Crippen LogP contribution is -2.52. The molecule has 2 aliphatic rings. The third-order valence-corrected chi connectivity index (χ3v) is 5.16. The molecule has 0 unspecified atom stereocenters. The molecule has 0 bridgehead atoms. The number of nitrogens with zero attached hydrogens (tertiary/aromatic N) is 3. The normalized spacial score (nSPS) is 23.5. The molecule has 2 aromatic rings. The first-order chi connectivity index (χ1) is 11.6. The highest BCUT2D eigenvalue weighted by molar-refractivity contribution is 5.81. The van der Waals surface area contributed by atoms with Crippen molar-refractivity contribution in [2.45, 2.75) is 44.9 Å². The van der Waals surface area contributed by atoms with Gasteiger partial charge < -0.3 is 9.64 Å². The number of hydrogen-bond acceptors (Lipinski definition) is 4. The fraction of sp³-hybridized carbons (Fsp3) is 0.500. The topological polar surface area (TPSA) is 64.4 Å². The van der Waals surface area contributed by atoms with Crippen LogP contribution in [-0.2, 0) is 16.1 Å². The molecule has 0 radical (unpaired) electrons. The number of fused-ring (bicyclic) bond motifs is 2. The lowest BCUT2D eigenvalue weighted by molar-refractivity contribution is -0.144. The number of carbonyl (C=O) groups excluding carboxylic acids is 1. The number of aryl methyl sites for hydroxylation is 1. The van der Waals surface area contributed by atoms with E-state index >= 15 is 0 Å². The Morgan fingerprint density at radius 1 is 1.38 bits per heavy atom. The molecule has 24 heavy (non-hydrogen) atoms. The van der Waals surface area contributed by atoms with E-state index in [1.54, 1.807) is 6.07 Å². The molecule has 126 valence electrons. The van der Waals surface area contributed by atoms with Gasteiger partial charge >= 0.3 is 0 Å². The summed E-state index contributed by atoms with van der Waals surface area (Å²) in [7, 11) is 0. The SMILES string of the molecule is Cc1cccc2c(=O)n(CC(=O)N3CCO[C@@H]4CCC[C@H]43)cnc12. The molecule has 2 fully saturated rings. The van der Waals surface area contributed by atoms with Crippen LogP contribution in [0.3, 0.4) is 0 Å². The van der Waals surface area contributed by atoms with E-state index in [-0.39, 0.29) is 30.2 Å². The fourth-order valence-corrected chi connectivity index (χ4v) is 3.92. The first-order valence-corrected chi connectivity index (χ1v) is 8.51. The van der Waals surface area contributed by atoms with Crippen molar-refractivity contribution < 1.29 is 9.53 Å². The van der Waals surface area contributed by atoms with Crippen molar-refractivity contribution >= 4 is 16.8 Å². The minimum Gasteiger partial charge on any atom is -0.374 e. The third-order valence-electron chi connectivity index (χ3n) is 5.16. The van der Waals surface area contributed by atoms with Gasteiger partial charge in [-0.1, -0.05) is 12.1 Å². The van der Waals surface area contributed by atoms with Gasteiger partial charge in [0.2, 0.25) is 5.91 Å². The average Bonchev–Trinajstić information content (AvgIpc) is 3.06. The smallest absolute Gasteiger partial charge is 0.261 e. The Labute approximate surface area is 140 Å². The molecule has 6 heteroatoms. The minimum atomic E-state index is -0.159. The molecular formula is C18H21N3O3. The molecule has 2 atom stereocenters. The van der Waals surface area contributed by atoms with Gasteiger partial charge in [0.15, 0.2) is 0 Å². The lowest BCUT2D eigenvalue weighted by atomic mass is 10.1. The van der Waals surface area contributed by atoms with Crippen molar-refractivity contribution in [2.75, 3.05) is 13.2 Å². The highest BCUT2D eigenvalue weighted by Crippen LogP contribution is 2.29. The molecule has 0 spiro atoms. The van der Waals surface area contributed by atoms with Crippen LogP contribution in [0.25, 0.3) is 10.9 Å². The van der Waals surface area contributed by atoms with Gasteiger partial charge in [-0.3, -0.25) is 14.2 Å². The maximum atomic E-state index is 12.7. The van der Waals surface area contributed by atoms with Crippen LogP contribution < -0.4 is 5.56 Å². The summed E-state index contributed by atoms with van der Waals surface area (Å²) < 4.78 is 7.17. The second-order valence-electron chi connectivity index (χ2n) is 6.64. The van der Waals surface area contributed by atoms with Crippen LogP contribution in [0.2, 0.25) is 0 Å². The van der Waals surface area contributed by atoms with E-state index < -0.39 is 0 Å². The number of para-hydroxylation sites is 1. The summed E-state index contributed by atoms with van der Waals surface area (Å²) in [6, 6.07) is 5.70. The highest BCUT2D eigenvalue weighted by atomic mass is 16.5. The Balaban J connectivity index is 1.61. The Kier molecular flexibility index (Phi) is 3.84. The van der Waals surface area contributed by atoms with E-state index in [0.717, 1.165) is 24.8 Å². The van der Waals surface area contributed by atoms with Crippen molar-refractivity contribution in [3.8, 4) is 0 Å². The number of morpholine rings is 1. The van der Waals surface area contributed by atoms with Gasteiger partial charge in [-0.2, -0.15) is 0 Å². The molecule has 4 rings (SSSR count). The van der Waals surface area contributed by atoms with Crippen LogP contribution in [0, 0.1) is 6.92 Å². The largest absolute Gasteiger partial charge is 0.374 e. The first-order valence-electron chi connectivity index (χ1n) is 8.51. The van der Waals surface area contributed by atoms with E-state index in [9.17, 15) is 9.59 Å². The van der Waals surface area contributed by atoms with Crippen molar-refractivity contribution in [2.24, 2.45) is 0 Å². The maximum Gasteiger partial charge on any atom is 0.261 e. The minimum absolute atomic E-state index is 0.0221. The first kappa shape index (κ1) is 15.3. The number of carbonyl (C=O) groups is 1. The molecular weight excluding hydrogens is 306 g/mol. The zero-order chi connectivity index (χ0) is 16.7. The summed E-state index contributed by atoms with van der Waals surface area (Å²) in [5.41, 5.74) is 1.51. The van der Waals surface area contributed by atoms with Gasteiger partial charge in [0.25, 0.3) is 5.56 Å². The standard InChI is InChI=1S/C18H21N3O3/c1-12-4-2-5-13-17(12)19-11-20(18(13)23)10-16(22)21-8-9-24-15-7-3-6-14(15)21/h2,4-5,11,14-15H,3,6-10H2,1H3/t14-,15-/m1/s1. The van der Waals surface area contributed by atoms with E-state index in [1.165, 1.54) is 10.9 Å². The summed E-state index contributed by atoms with van der Waals surface area (Å²) in [6.45, 7) is 3.16. The van der Waals surface area contributed by atoms with Crippen LogP contribution >= 0.6 is 0 Å². The van der Waals surface area contributed by atoms with Gasteiger partial charge in [-0.25, -0.2) is 4.98 Å². The molecule has 0 N–H and O–H groups in total. The van der Waals surface area contributed by atoms with Crippen molar-refractivity contribution in [1.82, 2.24) is 14.5 Å². The zero-order valence-corrected chi connectivity index (χ0v) is 13.8. The second-order valence-corrected chi connectivity index (χ2v) is 6.64. The Morgan fingerprint density at radius 3 is 3.12 bits per heavy atom. The quantitative estimate of drug-likeness (QED) is 0.838. The molecule has 1 aliphatic heterocycles. The number of amides is 1. The van der Waals surface area contributed by atoms with Gasteiger partial charge in [-0.05, 0) is 37.8 Å². The Bertz CT molecular complexity index is 845. The number of rotatable bonds is 2. The van der Waals surface area contributed by atoms with E-state index in [2.05, 4.69) is 4.98 Å². The molecule has 1 saturated heterocycles. The van der Waals surface area contributed by atoms with Crippen LogP contribution in [0.4, 0.5) is 0 Å². The number of benzene rings is 1. The molecule has 1 aliphatic carbocycles. The van der Waals surface area contributed by atoms with E-state index in [4.69, 9.17) is 4.74 Å². The Hall–Kier alpha value is -2.21. The monoisotopic (exact) mass is 327 g/mol. The van der Waals surface area contributed by atoms with Crippen LogP contribution in [0.15, 0.2) is 29.3 Å². The highest BCUT2D eigenvalue weighted by Gasteiger charge is 2.38. The zero-order valence-electron chi connectivity index (χ0n) is 13.8. The predicted molar refractivity (Wildman–Crippen MR) is 89.8 cm³/mol. The second kappa shape index (κ2) is 6.02. The Morgan fingerprint density at radius 2 is 2.25 bits per heavy atom. The predicted octanol–water partition coefficient (Wildman–Crippen LogP) is 1.48. The number of ether oxygens (including phenoxy) is 1. The average molecular weight is 327 g/mol. The number of hydrogen-bond donors (Lipinski definition) is 0. The van der Waals surface area contributed by atoms with Crippen LogP contribution in [-0.4, -0.2) is 45.7 Å². The fourth-order valence-electron chi connectivity index (χ4n) is 3.92. The van der Waals surface area contributed by atoms with E-state index in [0.29, 0.717) is 24.1 Å². The summed E-state index contributed by atoms with van der Waals surface area (Å²) in [5, 5.41) is 0.561. The van der Waals surface area contributed by atoms with Gasteiger partial charge in [0.05, 0.1) is 36.0 Å². The maximum absolute atomic E-state index is 12.7. The van der Waals surface area contributed by atoms with Crippen LogP contribution in [0.5, 0.6) is 0 Å². The van der Waals surface area contributed by atoms with Crippen molar-refractivity contribution in [3.05, 3.63) is 40.4 Å². The molecule has 1 aromatic heterocycles. The third kappa shape index (κ3) is 2.51. The van der Waals surface area contributed by atoms with Gasteiger partial charge in [-0.15, -0.1) is 0 Å². The summed E-state index contributed by atoms with van der Waals surface area (Å²) >= 11 is 0. The van der Waals surface area contributed by atoms with Crippen molar-refractivity contribution in [3.63, 3.8) is 0 Å². The summed E-state index contributed by atoms with van der Waals surface area (Å²) in [4.78, 5) is 31.7. The van der Waals surface area contributed by atoms with Crippen LogP contribution in [0.1, 0.15) is 24.8 Å². The van der Waals surface area contributed by atoms with E-state index in [1.807, 2.05) is 24.0 Å². The van der Waals surface area contributed by atoms with Gasteiger partial charge in [0.1, 0.15) is 6.54 Å². The molecule has 6 nitrogen and oxygen atoms in total. The lowest BCUT2D eigenvalue weighted by Gasteiger charge is -2.37. The summed E-state index contributed by atoms with van der Waals surface area (Å²) in [6.07, 6.45) is 4.75.